The maximum Gasteiger partial charge on any atom is 0.243 e. The van der Waals surface area contributed by atoms with Crippen LogP contribution < -0.4 is 4.72 Å². The molecular formula is C37H32Cl2N4O5S. The highest BCUT2D eigenvalue weighted by Crippen LogP contribution is 2.47. The van der Waals surface area contributed by atoms with Crippen LogP contribution in [0.25, 0.3) is 10.9 Å². The smallest absolute Gasteiger partial charge is 0.243 e. The predicted molar refractivity (Wildman–Crippen MR) is 187 cm³/mol. The van der Waals surface area contributed by atoms with E-state index in [0.717, 1.165) is 33.2 Å². The largest absolute Gasteiger partial charge is 0.392 e. The number of imidazole rings is 1. The third-order valence-electron chi connectivity index (χ3n) is 8.68. The molecule has 1 saturated heterocycles. The maximum atomic E-state index is 13.3. The molecule has 0 radical (unpaired) electrons. The fourth-order valence-electron chi connectivity index (χ4n) is 6.17. The zero-order chi connectivity index (χ0) is 34.0. The van der Waals surface area contributed by atoms with Crippen LogP contribution in [0.5, 0.6) is 0 Å². The number of fused-ring (bicyclic) bond motifs is 1. The van der Waals surface area contributed by atoms with Crippen LogP contribution in [0.3, 0.4) is 0 Å². The molecule has 7 rings (SSSR count). The second-order valence-corrected chi connectivity index (χ2v) is 14.2. The highest BCUT2D eigenvalue weighted by molar-refractivity contribution is 7.89. The first-order chi connectivity index (χ1) is 23.8. The Morgan fingerprint density at radius 3 is 2.20 bits per heavy atom. The van der Waals surface area contributed by atoms with Gasteiger partial charge in [0.25, 0.3) is 0 Å². The maximum absolute atomic E-state index is 13.3. The molecule has 1 aliphatic rings. The number of ether oxygens (including phenoxy) is 2. The summed E-state index contributed by atoms with van der Waals surface area (Å²) in [6, 6.07) is 33.9. The zero-order valence-electron chi connectivity index (χ0n) is 26.1. The number of pyridine rings is 1. The lowest BCUT2D eigenvalue weighted by atomic mass is 9.83. The molecule has 9 nitrogen and oxygen atoms in total. The van der Waals surface area contributed by atoms with Crippen LogP contribution in [0.15, 0.2) is 127 Å². The van der Waals surface area contributed by atoms with Crippen LogP contribution in [-0.2, 0) is 39.2 Å². The van der Waals surface area contributed by atoms with Crippen LogP contribution in [0.4, 0.5) is 0 Å². The van der Waals surface area contributed by atoms with Gasteiger partial charge in [0.2, 0.25) is 10.0 Å². The summed E-state index contributed by atoms with van der Waals surface area (Å²) in [5, 5.41) is 10.9. The third-order valence-corrected chi connectivity index (χ3v) is 10.9. The highest BCUT2D eigenvalue weighted by Gasteiger charge is 2.42. The normalized spacial score (nSPS) is 19.7. The predicted octanol–water partition coefficient (Wildman–Crippen LogP) is 7.35. The van der Waals surface area contributed by atoms with Gasteiger partial charge in [0.15, 0.2) is 11.4 Å². The van der Waals surface area contributed by atoms with E-state index < -0.39 is 28.5 Å². The van der Waals surface area contributed by atoms with Gasteiger partial charge in [0, 0.05) is 29.6 Å². The Bertz CT molecular complexity index is 2160. The van der Waals surface area contributed by atoms with E-state index in [1.165, 1.54) is 0 Å². The summed E-state index contributed by atoms with van der Waals surface area (Å²) in [6.07, 6.45) is 1.55. The first-order valence-corrected chi connectivity index (χ1v) is 17.9. The minimum absolute atomic E-state index is 0.0660. The number of aliphatic hydroxyl groups is 1. The van der Waals surface area contributed by atoms with Crippen molar-refractivity contribution >= 4 is 44.1 Å². The Labute approximate surface area is 294 Å². The molecule has 1 fully saturated rings. The molecule has 12 heteroatoms. The Morgan fingerprint density at radius 2 is 1.49 bits per heavy atom. The van der Waals surface area contributed by atoms with Crippen LogP contribution in [0, 0.1) is 0 Å². The SMILES string of the molecule is O=S(=O)(NCc1ccc(C2O[C@H](Cn3cnc(Cl)c3Cl)[C@@H](c3ccccc3)[C@H](c3ccc(CO)cc3)O2)cc1)c1cccc2cccnc12. The number of aromatic nitrogens is 3. The van der Waals surface area contributed by atoms with Gasteiger partial charge in [-0.3, -0.25) is 4.98 Å². The Morgan fingerprint density at radius 1 is 0.776 bits per heavy atom. The van der Waals surface area contributed by atoms with E-state index >= 15 is 0 Å². The lowest BCUT2D eigenvalue weighted by molar-refractivity contribution is -0.263. The van der Waals surface area contributed by atoms with Gasteiger partial charge in [0.05, 0.1) is 37.2 Å². The molecule has 0 saturated carbocycles. The second-order valence-electron chi connectivity index (χ2n) is 11.8. The first kappa shape index (κ1) is 33.4. The quantitative estimate of drug-likeness (QED) is 0.153. The van der Waals surface area contributed by atoms with Gasteiger partial charge < -0.3 is 19.1 Å². The second kappa shape index (κ2) is 14.4. The molecule has 1 unspecified atom stereocenters. The van der Waals surface area contributed by atoms with Crippen LogP contribution in [0.2, 0.25) is 10.3 Å². The fraction of sp³-hybridized carbons (Fsp3) is 0.189. The van der Waals surface area contributed by atoms with Gasteiger partial charge in [0.1, 0.15) is 10.0 Å². The third kappa shape index (κ3) is 7.13. The molecule has 6 aromatic rings. The van der Waals surface area contributed by atoms with Crippen LogP contribution >= 0.6 is 23.2 Å². The molecule has 2 N–H and O–H groups in total. The molecule has 0 amide bonds. The summed E-state index contributed by atoms with van der Waals surface area (Å²) >= 11 is 12.7. The number of nitrogens with one attached hydrogen (secondary N) is 1. The van der Waals surface area contributed by atoms with Gasteiger partial charge in [-0.05, 0) is 34.4 Å². The standard InChI is InChI=1S/C37H32Cl2N4O5S/c38-35-36(39)43(23-41-35)21-30-32(26-6-2-1-3-7-26)34(28-15-13-25(22-44)14-16-28)48-37(47-30)29-17-11-24(12-18-29)20-42-49(45,46)31-10-4-8-27-9-5-19-40-33(27)31/h1-19,23,30,32,34,37,42,44H,20-22H2/t30-,32-,34+,37?/m1/s1. The van der Waals surface area contributed by atoms with Gasteiger partial charge in [-0.25, -0.2) is 18.1 Å². The summed E-state index contributed by atoms with van der Waals surface area (Å²) < 4.78 is 44.5. The van der Waals surface area contributed by atoms with Gasteiger partial charge in [-0.2, -0.15) is 0 Å². The number of halogens is 2. The summed E-state index contributed by atoms with van der Waals surface area (Å²) in [5.41, 5.74) is 4.67. The van der Waals surface area contributed by atoms with Crippen molar-refractivity contribution in [3.05, 3.63) is 160 Å². The lowest BCUT2D eigenvalue weighted by Gasteiger charge is -2.43. The van der Waals surface area contributed by atoms with Crippen molar-refractivity contribution in [2.24, 2.45) is 0 Å². The van der Waals surface area contributed by atoms with Crippen molar-refractivity contribution < 1.29 is 23.0 Å². The number of para-hydroxylation sites is 1. The summed E-state index contributed by atoms with van der Waals surface area (Å²) in [4.78, 5) is 8.58. The number of benzene rings is 4. The van der Waals surface area contributed by atoms with E-state index in [0.29, 0.717) is 17.2 Å². The summed E-state index contributed by atoms with van der Waals surface area (Å²) in [7, 11) is -3.84. The van der Waals surface area contributed by atoms with E-state index in [-0.39, 0.29) is 29.1 Å². The van der Waals surface area contributed by atoms with Crippen LogP contribution in [-0.4, -0.2) is 34.2 Å². The molecule has 250 valence electrons. The fourth-order valence-corrected chi connectivity index (χ4v) is 7.68. The Balaban J connectivity index is 1.17. The molecule has 1 aliphatic heterocycles. The van der Waals surface area contributed by atoms with E-state index in [2.05, 4.69) is 14.7 Å². The monoisotopic (exact) mass is 714 g/mol. The lowest BCUT2D eigenvalue weighted by Crippen LogP contribution is -2.39. The van der Waals surface area contributed by atoms with Crippen molar-refractivity contribution in [3.63, 3.8) is 0 Å². The molecule has 4 aromatic carbocycles. The molecule has 2 aromatic heterocycles. The summed E-state index contributed by atoms with van der Waals surface area (Å²) in [6.45, 7) is 0.367. The molecule has 49 heavy (non-hydrogen) atoms. The number of hydrogen-bond donors (Lipinski definition) is 2. The van der Waals surface area contributed by atoms with Crippen molar-refractivity contribution in [1.29, 1.82) is 0 Å². The number of rotatable bonds is 10. The Hall–Kier alpha value is -4.13. The Kier molecular flexibility index (Phi) is 9.80. The topological polar surface area (TPSA) is 116 Å². The van der Waals surface area contributed by atoms with Gasteiger partial charge >= 0.3 is 0 Å². The van der Waals surface area contributed by atoms with Crippen molar-refractivity contribution in [2.45, 2.75) is 49.0 Å². The zero-order valence-corrected chi connectivity index (χ0v) is 28.4. The minimum Gasteiger partial charge on any atom is -0.392 e. The van der Waals surface area contributed by atoms with Gasteiger partial charge in [-0.1, -0.05) is 120 Å². The van der Waals surface area contributed by atoms with E-state index in [1.807, 2.05) is 91.0 Å². The average Bonchev–Trinajstić information content (AvgIpc) is 3.46. The summed E-state index contributed by atoms with van der Waals surface area (Å²) in [5.74, 6) is -0.244. The molecule has 0 spiro atoms. The molecule has 0 bridgehead atoms. The number of aliphatic hydroxyl groups excluding tert-OH is 1. The van der Waals surface area contributed by atoms with Gasteiger partial charge in [-0.15, -0.1) is 0 Å². The van der Waals surface area contributed by atoms with E-state index in [4.69, 9.17) is 32.7 Å². The van der Waals surface area contributed by atoms with E-state index in [1.54, 1.807) is 35.3 Å². The van der Waals surface area contributed by atoms with Crippen molar-refractivity contribution in [1.82, 2.24) is 19.3 Å². The number of nitrogens with zero attached hydrogens (tertiary/aromatic N) is 3. The minimum atomic E-state index is -3.84. The number of sulfonamides is 1. The number of hydrogen-bond acceptors (Lipinski definition) is 7. The van der Waals surface area contributed by atoms with E-state index in [9.17, 15) is 13.5 Å². The molecular weight excluding hydrogens is 683 g/mol. The molecule has 0 aliphatic carbocycles. The molecule has 3 heterocycles. The highest BCUT2D eigenvalue weighted by atomic mass is 35.5. The average molecular weight is 716 g/mol. The molecule has 4 atom stereocenters. The first-order valence-electron chi connectivity index (χ1n) is 15.6. The van der Waals surface area contributed by atoms with Crippen molar-refractivity contribution in [3.8, 4) is 0 Å². The van der Waals surface area contributed by atoms with Crippen LogP contribution in [0.1, 0.15) is 46.1 Å². The van der Waals surface area contributed by atoms with Crippen molar-refractivity contribution in [2.75, 3.05) is 0 Å².